The molecule has 96 valence electrons. The first-order valence-electron chi connectivity index (χ1n) is 6.73. The summed E-state index contributed by atoms with van der Waals surface area (Å²) in [5.74, 6) is -0.0395. The van der Waals surface area contributed by atoms with Gasteiger partial charge in [-0.15, -0.1) is 0 Å². The topological polar surface area (TPSA) is 26.3 Å². The molecule has 0 spiro atoms. The van der Waals surface area contributed by atoms with Crippen molar-refractivity contribution in [2.24, 2.45) is 5.41 Å². The van der Waals surface area contributed by atoms with E-state index in [1.165, 1.54) is 25.7 Å². The van der Waals surface area contributed by atoms with E-state index in [0.29, 0.717) is 13.0 Å². The first kappa shape index (κ1) is 15.5. The van der Waals surface area contributed by atoms with E-state index in [2.05, 4.69) is 20.8 Å². The zero-order chi connectivity index (χ0) is 12.4. The number of carbonyl (C=O) groups is 1. The highest BCUT2D eigenvalue weighted by atomic mass is 16.5. The van der Waals surface area contributed by atoms with Crippen LogP contribution in [0, 0.1) is 5.41 Å². The Balaban J connectivity index is 3.94. The quantitative estimate of drug-likeness (QED) is 0.434. The predicted octanol–water partition coefficient (Wildman–Crippen LogP) is 4.33. The van der Waals surface area contributed by atoms with E-state index < -0.39 is 0 Å². The molecule has 16 heavy (non-hydrogen) atoms. The molecule has 0 radical (unpaired) electrons. The molecule has 0 aromatic heterocycles. The Kier molecular flexibility index (Phi) is 8.32. The Bertz CT molecular complexity index is 189. The molecule has 0 aliphatic carbocycles. The zero-order valence-corrected chi connectivity index (χ0v) is 11.5. The maximum absolute atomic E-state index is 11.5. The Morgan fingerprint density at radius 3 is 2.31 bits per heavy atom. The van der Waals surface area contributed by atoms with Crippen molar-refractivity contribution in [3.63, 3.8) is 0 Å². The van der Waals surface area contributed by atoms with Gasteiger partial charge in [0.2, 0.25) is 0 Å². The molecule has 1 atom stereocenters. The predicted molar refractivity (Wildman–Crippen MR) is 68.4 cm³/mol. The van der Waals surface area contributed by atoms with E-state index in [1.54, 1.807) is 0 Å². The summed E-state index contributed by atoms with van der Waals surface area (Å²) in [6.07, 6.45) is 7.86. The van der Waals surface area contributed by atoms with Gasteiger partial charge in [0.05, 0.1) is 13.0 Å². The molecule has 0 aromatic carbocycles. The van der Waals surface area contributed by atoms with Gasteiger partial charge >= 0.3 is 5.97 Å². The van der Waals surface area contributed by atoms with Crippen molar-refractivity contribution >= 4 is 5.97 Å². The largest absolute Gasteiger partial charge is 0.466 e. The number of unbranched alkanes of at least 4 members (excludes halogenated alkanes) is 3. The van der Waals surface area contributed by atoms with Crippen molar-refractivity contribution in [3.05, 3.63) is 0 Å². The number of hydrogen-bond donors (Lipinski definition) is 0. The normalized spacial score (nSPS) is 14.5. The molecule has 0 rings (SSSR count). The lowest BCUT2D eigenvalue weighted by molar-refractivity contribution is -0.145. The second-order valence-electron chi connectivity index (χ2n) is 4.96. The van der Waals surface area contributed by atoms with Crippen LogP contribution >= 0.6 is 0 Å². The van der Waals surface area contributed by atoms with Gasteiger partial charge < -0.3 is 4.74 Å². The van der Waals surface area contributed by atoms with Crippen molar-refractivity contribution in [2.75, 3.05) is 6.61 Å². The van der Waals surface area contributed by atoms with Crippen LogP contribution in [0.5, 0.6) is 0 Å². The summed E-state index contributed by atoms with van der Waals surface area (Å²) in [5, 5.41) is 0. The zero-order valence-electron chi connectivity index (χ0n) is 11.5. The van der Waals surface area contributed by atoms with Crippen molar-refractivity contribution in [2.45, 2.75) is 72.6 Å². The fraction of sp³-hybridized carbons (Fsp3) is 0.929. The maximum Gasteiger partial charge on any atom is 0.306 e. The van der Waals surface area contributed by atoms with Crippen molar-refractivity contribution in [1.29, 1.82) is 0 Å². The summed E-state index contributed by atoms with van der Waals surface area (Å²) < 4.78 is 5.03. The standard InChI is InChI=1S/C14H28O2/c1-5-8-9-10-11-14(4,6-2)12-13(15)16-7-3/h5-12H2,1-4H3. The molecule has 0 amide bonds. The lowest BCUT2D eigenvalue weighted by Crippen LogP contribution is -2.21. The van der Waals surface area contributed by atoms with Crippen LogP contribution in [0.15, 0.2) is 0 Å². The smallest absolute Gasteiger partial charge is 0.306 e. The van der Waals surface area contributed by atoms with Crippen LogP contribution in [0.2, 0.25) is 0 Å². The number of carbonyl (C=O) groups excluding carboxylic acids is 1. The minimum atomic E-state index is -0.0395. The van der Waals surface area contributed by atoms with Crippen molar-refractivity contribution < 1.29 is 9.53 Å². The van der Waals surface area contributed by atoms with Gasteiger partial charge in [-0.25, -0.2) is 0 Å². The summed E-state index contributed by atoms with van der Waals surface area (Å²) in [7, 11) is 0. The van der Waals surface area contributed by atoms with E-state index in [9.17, 15) is 4.79 Å². The van der Waals surface area contributed by atoms with E-state index in [1.807, 2.05) is 6.92 Å². The third-order valence-corrected chi connectivity index (χ3v) is 3.36. The van der Waals surface area contributed by atoms with Gasteiger partial charge in [0, 0.05) is 0 Å². The minimum Gasteiger partial charge on any atom is -0.466 e. The molecule has 0 N–H and O–H groups in total. The summed E-state index contributed by atoms with van der Waals surface area (Å²) >= 11 is 0. The Labute approximate surface area is 101 Å². The number of ether oxygens (including phenoxy) is 1. The molecule has 0 bridgehead atoms. The van der Waals surface area contributed by atoms with Crippen LogP contribution < -0.4 is 0 Å². The van der Waals surface area contributed by atoms with E-state index in [0.717, 1.165) is 12.8 Å². The highest BCUT2D eigenvalue weighted by molar-refractivity contribution is 5.70. The molecule has 0 fully saturated rings. The van der Waals surface area contributed by atoms with Gasteiger partial charge in [-0.3, -0.25) is 4.79 Å². The van der Waals surface area contributed by atoms with Crippen LogP contribution in [0.4, 0.5) is 0 Å². The van der Waals surface area contributed by atoms with Crippen LogP contribution in [0.25, 0.3) is 0 Å². The highest BCUT2D eigenvalue weighted by Gasteiger charge is 2.25. The van der Waals surface area contributed by atoms with Gasteiger partial charge in [-0.05, 0) is 18.8 Å². The van der Waals surface area contributed by atoms with Crippen LogP contribution in [-0.4, -0.2) is 12.6 Å². The fourth-order valence-corrected chi connectivity index (χ4v) is 1.93. The summed E-state index contributed by atoms with van der Waals surface area (Å²) in [6, 6.07) is 0. The average molecular weight is 228 g/mol. The van der Waals surface area contributed by atoms with E-state index in [4.69, 9.17) is 4.74 Å². The molecule has 0 heterocycles. The summed E-state index contributed by atoms with van der Waals surface area (Å²) in [4.78, 5) is 11.5. The lowest BCUT2D eigenvalue weighted by atomic mass is 9.79. The van der Waals surface area contributed by atoms with Crippen molar-refractivity contribution in [1.82, 2.24) is 0 Å². The maximum atomic E-state index is 11.5. The van der Waals surface area contributed by atoms with E-state index in [-0.39, 0.29) is 11.4 Å². The number of hydrogen-bond acceptors (Lipinski definition) is 2. The summed E-state index contributed by atoms with van der Waals surface area (Å²) in [6.45, 7) is 8.95. The van der Waals surface area contributed by atoms with Crippen LogP contribution in [0.1, 0.15) is 72.6 Å². The second-order valence-corrected chi connectivity index (χ2v) is 4.96. The summed E-state index contributed by atoms with van der Waals surface area (Å²) in [5.41, 5.74) is 0.139. The molecule has 0 aromatic rings. The Morgan fingerprint density at radius 1 is 1.12 bits per heavy atom. The van der Waals surface area contributed by atoms with Gasteiger partial charge in [0.25, 0.3) is 0 Å². The Hall–Kier alpha value is -0.530. The highest BCUT2D eigenvalue weighted by Crippen LogP contribution is 2.32. The molecule has 0 aliphatic rings. The molecule has 0 saturated heterocycles. The van der Waals surface area contributed by atoms with Crippen molar-refractivity contribution in [3.8, 4) is 0 Å². The third-order valence-electron chi connectivity index (χ3n) is 3.36. The van der Waals surface area contributed by atoms with E-state index >= 15 is 0 Å². The number of rotatable bonds is 9. The third kappa shape index (κ3) is 6.86. The second kappa shape index (κ2) is 8.60. The van der Waals surface area contributed by atoms with Crippen LogP contribution in [-0.2, 0) is 9.53 Å². The minimum absolute atomic E-state index is 0.0395. The van der Waals surface area contributed by atoms with Gasteiger partial charge in [0.15, 0.2) is 0 Å². The molecule has 0 aliphatic heterocycles. The Morgan fingerprint density at radius 2 is 1.81 bits per heavy atom. The fourth-order valence-electron chi connectivity index (χ4n) is 1.93. The van der Waals surface area contributed by atoms with Gasteiger partial charge in [-0.2, -0.15) is 0 Å². The molecule has 2 heteroatoms. The first-order chi connectivity index (χ1) is 7.58. The molecule has 2 nitrogen and oxygen atoms in total. The molecule has 0 saturated carbocycles. The lowest BCUT2D eigenvalue weighted by Gasteiger charge is -2.27. The molecular formula is C14H28O2. The first-order valence-corrected chi connectivity index (χ1v) is 6.73. The van der Waals surface area contributed by atoms with Crippen LogP contribution in [0.3, 0.4) is 0 Å². The van der Waals surface area contributed by atoms with Gasteiger partial charge in [-0.1, -0.05) is 52.9 Å². The monoisotopic (exact) mass is 228 g/mol. The SMILES string of the molecule is CCCCCCC(C)(CC)CC(=O)OCC. The molecule has 1 unspecified atom stereocenters. The average Bonchev–Trinajstić information content (AvgIpc) is 2.25. The van der Waals surface area contributed by atoms with Gasteiger partial charge in [0.1, 0.15) is 0 Å². The molecular weight excluding hydrogens is 200 g/mol. The number of esters is 1.